The van der Waals surface area contributed by atoms with Crippen molar-refractivity contribution in [2.45, 2.75) is 75.7 Å². The maximum absolute atomic E-state index is 14.6. The summed E-state index contributed by atoms with van der Waals surface area (Å²) in [7, 11) is 1.72. The van der Waals surface area contributed by atoms with Crippen LogP contribution in [0.2, 0.25) is 0 Å². The molecule has 3 aliphatic rings. The van der Waals surface area contributed by atoms with E-state index < -0.39 is 35.1 Å². The molecule has 2 unspecified atom stereocenters. The Bertz CT molecular complexity index is 1110. The highest BCUT2D eigenvalue weighted by molar-refractivity contribution is 5.99. The number of rotatable bonds is 14. The quantitative estimate of drug-likeness (QED) is 0.359. The molecule has 0 aromatic heterocycles. The van der Waals surface area contributed by atoms with Gasteiger partial charge >= 0.3 is 0 Å². The molecule has 3 aliphatic heterocycles. The molecule has 2 bridgehead atoms. The molecule has 6 atom stereocenters. The number of amides is 3. The monoisotopic (exact) mass is 551 g/mol. The van der Waals surface area contributed by atoms with E-state index in [1.165, 1.54) is 0 Å². The van der Waals surface area contributed by atoms with Gasteiger partial charge in [-0.25, -0.2) is 0 Å². The summed E-state index contributed by atoms with van der Waals surface area (Å²) in [5, 5.41) is 10.6. The zero-order chi connectivity index (χ0) is 29.1. The van der Waals surface area contributed by atoms with Crippen molar-refractivity contribution in [1.82, 2.24) is 14.7 Å². The highest BCUT2D eigenvalue weighted by atomic mass is 16.5. The van der Waals surface area contributed by atoms with Crippen LogP contribution in [0.1, 0.15) is 51.5 Å². The summed E-state index contributed by atoms with van der Waals surface area (Å²) in [6, 6.07) is 8.09. The van der Waals surface area contributed by atoms with Gasteiger partial charge in [0.2, 0.25) is 17.7 Å². The number of carbonyl (C=O) groups is 3. The summed E-state index contributed by atoms with van der Waals surface area (Å²) < 4.78 is 6.90. The Labute approximate surface area is 238 Å². The van der Waals surface area contributed by atoms with Crippen LogP contribution in [0.3, 0.4) is 0 Å². The normalized spacial score (nSPS) is 29.2. The average molecular weight is 552 g/mol. The van der Waals surface area contributed by atoms with Gasteiger partial charge in [0.1, 0.15) is 11.6 Å². The van der Waals surface area contributed by atoms with Crippen LogP contribution in [0.4, 0.5) is 0 Å². The van der Waals surface area contributed by atoms with E-state index in [0.29, 0.717) is 45.3 Å². The minimum absolute atomic E-state index is 0.160. The molecule has 3 saturated heterocycles. The molecule has 4 rings (SSSR count). The number of fused-ring (bicyclic) bond motifs is 1. The Morgan fingerprint density at radius 2 is 1.85 bits per heavy atom. The zero-order valence-electron chi connectivity index (χ0n) is 24.3. The molecule has 0 aliphatic carbocycles. The van der Waals surface area contributed by atoms with Crippen LogP contribution in [0.15, 0.2) is 55.6 Å². The van der Waals surface area contributed by atoms with Crippen LogP contribution in [0, 0.1) is 11.8 Å². The van der Waals surface area contributed by atoms with Crippen molar-refractivity contribution in [3.8, 4) is 0 Å². The molecule has 3 amide bonds. The van der Waals surface area contributed by atoms with Crippen LogP contribution in [-0.4, -0.2) is 94.1 Å². The van der Waals surface area contributed by atoms with Gasteiger partial charge in [0.05, 0.1) is 30.1 Å². The van der Waals surface area contributed by atoms with Gasteiger partial charge in [0.15, 0.2) is 0 Å². The van der Waals surface area contributed by atoms with Crippen molar-refractivity contribution >= 4 is 17.7 Å². The topological polar surface area (TPSA) is 90.4 Å². The van der Waals surface area contributed by atoms with Gasteiger partial charge < -0.3 is 24.5 Å². The highest BCUT2D eigenvalue weighted by Gasteiger charge is 2.79. The van der Waals surface area contributed by atoms with Crippen molar-refractivity contribution in [3.63, 3.8) is 0 Å². The molecule has 3 fully saturated rings. The number of ether oxygens (including phenoxy) is 1. The van der Waals surface area contributed by atoms with Gasteiger partial charge in [-0.3, -0.25) is 14.4 Å². The van der Waals surface area contributed by atoms with Crippen LogP contribution in [0.25, 0.3) is 0 Å². The van der Waals surface area contributed by atoms with Gasteiger partial charge in [0, 0.05) is 26.7 Å². The van der Waals surface area contributed by atoms with Crippen molar-refractivity contribution < 1.29 is 24.2 Å². The summed E-state index contributed by atoms with van der Waals surface area (Å²) in [6.07, 6.45) is 7.17. The fourth-order valence-corrected chi connectivity index (χ4v) is 7.33. The first-order chi connectivity index (χ1) is 19.2. The molecule has 40 heavy (non-hydrogen) atoms. The molecule has 1 aromatic carbocycles. The largest absolute Gasteiger partial charge is 0.394 e. The number of benzene rings is 1. The van der Waals surface area contributed by atoms with E-state index in [2.05, 4.69) is 20.1 Å². The Kier molecular flexibility index (Phi) is 9.20. The van der Waals surface area contributed by atoms with E-state index in [1.54, 1.807) is 33.9 Å². The molecule has 8 nitrogen and oxygen atoms in total. The van der Waals surface area contributed by atoms with Crippen molar-refractivity contribution in [3.05, 3.63) is 61.2 Å². The highest BCUT2D eigenvalue weighted by Crippen LogP contribution is 2.65. The molecular formula is C32H45N3O5. The summed E-state index contributed by atoms with van der Waals surface area (Å²) in [5.74, 6) is -2.13. The Morgan fingerprint density at radius 1 is 1.15 bits per heavy atom. The maximum Gasteiger partial charge on any atom is 0.248 e. The minimum Gasteiger partial charge on any atom is -0.394 e. The minimum atomic E-state index is -1.13. The van der Waals surface area contributed by atoms with E-state index in [9.17, 15) is 19.5 Å². The number of likely N-dealkylation sites (N-methyl/N-ethyl adjacent to an activating group) is 1. The fourth-order valence-electron chi connectivity index (χ4n) is 7.33. The fraction of sp³-hybridized carbons (Fsp3) is 0.594. The Hall–Kier alpha value is -2.97. The number of hydrogen-bond donors (Lipinski definition) is 1. The van der Waals surface area contributed by atoms with E-state index >= 15 is 0 Å². The molecule has 1 aromatic rings. The van der Waals surface area contributed by atoms with E-state index in [0.717, 1.165) is 18.4 Å². The number of carbonyl (C=O) groups excluding carboxylic acids is 3. The molecule has 0 radical (unpaired) electrons. The van der Waals surface area contributed by atoms with Gasteiger partial charge in [-0.15, -0.1) is 13.2 Å². The average Bonchev–Trinajstić information content (AvgIpc) is 3.57. The smallest absolute Gasteiger partial charge is 0.248 e. The molecule has 1 N–H and O–H groups in total. The Balaban J connectivity index is 1.83. The number of unbranched alkanes of at least 4 members (excludes halogenated alkanes) is 1. The first-order valence-corrected chi connectivity index (χ1v) is 14.7. The second-order valence-corrected chi connectivity index (χ2v) is 11.5. The van der Waals surface area contributed by atoms with Gasteiger partial charge in [-0.2, -0.15) is 0 Å². The van der Waals surface area contributed by atoms with Crippen LogP contribution in [0.5, 0.6) is 0 Å². The van der Waals surface area contributed by atoms with Crippen molar-refractivity contribution in [2.75, 3.05) is 33.3 Å². The summed E-state index contributed by atoms with van der Waals surface area (Å²) in [5.41, 5.74) is -0.981. The maximum atomic E-state index is 14.6. The number of aliphatic hydroxyl groups excluding tert-OH is 1. The van der Waals surface area contributed by atoms with Gasteiger partial charge in [-0.05, 0) is 37.7 Å². The Morgan fingerprint density at radius 3 is 2.45 bits per heavy atom. The van der Waals surface area contributed by atoms with E-state index in [1.807, 2.05) is 37.3 Å². The van der Waals surface area contributed by atoms with Gasteiger partial charge in [0.25, 0.3) is 0 Å². The predicted octanol–water partition coefficient (Wildman–Crippen LogP) is 3.20. The second-order valence-electron chi connectivity index (χ2n) is 11.5. The zero-order valence-corrected chi connectivity index (χ0v) is 24.3. The molecule has 1 spiro atoms. The number of hydrogen-bond acceptors (Lipinski definition) is 5. The predicted molar refractivity (Wildman–Crippen MR) is 154 cm³/mol. The first-order valence-electron chi connectivity index (χ1n) is 14.7. The third kappa shape index (κ3) is 4.90. The van der Waals surface area contributed by atoms with Crippen molar-refractivity contribution in [2.24, 2.45) is 11.8 Å². The standard InChI is InChI=1S/C32H45N3O5/c1-6-10-20-34(19-8-3)30(39)27-32-17-16-31(9-4,40-32)25(28(37)33(5)18-7-2)26(32)29(38)35(27)24(22-36)21-23-14-12-11-13-15-23/h7-8,11-15,24-27,36H,2-3,6,9-10,16-22H2,1,4-5H3/t24-,25-,26+,27?,31+,32?/m1/s1. The summed E-state index contributed by atoms with van der Waals surface area (Å²) in [4.78, 5) is 48.0. The lowest BCUT2D eigenvalue weighted by Crippen LogP contribution is -2.59. The molecule has 0 saturated carbocycles. The lowest BCUT2D eigenvalue weighted by Gasteiger charge is -2.39. The molecule has 218 valence electrons. The first kappa shape index (κ1) is 30.0. The third-order valence-corrected chi connectivity index (χ3v) is 9.26. The third-order valence-electron chi connectivity index (χ3n) is 9.26. The lowest BCUT2D eigenvalue weighted by molar-refractivity contribution is -0.157. The van der Waals surface area contributed by atoms with Gasteiger partial charge in [-0.1, -0.05) is 62.8 Å². The SMILES string of the molecule is C=CCN(C)C(=O)[C@H]1[C@H]2C(=O)N([C@@H](CO)Cc3ccccc3)C(C(=O)N(CC=C)CCCC)C23CC[C@]1(CC)O3. The molecule has 3 heterocycles. The summed E-state index contributed by atoms with van der Waals surface area (Å²) in [6.45, 7) is 12.6. The number of likely N-dealkylation sites (tertiary alicyclic amines) is 1. The van der Waals surface area contributed by atoms with Crippen LogP contribution >= 0.6 is 0 Å². The molecular weight excluding hydrogens is 506 g/mol. The van der Waals surface area contributed by atoms with Crippen LogP contribution in [-0.2, 0) is 25.5 Å². The van der Waals surface area contributed by atoms with E-state index in [-0.39, 0.29) is 24.3 Å². The van der Waals surface area contributed by atoms with Crippen molar-refractivity contribution in [1.29, 1.82) is 0 Å². The summed E-state index contributed by atoms with van der Waals surface area (Å²) >= 11 is 0. The molecule has 8 heteroatoms. The van der Waals surface area contributed by atoms with Crippen LogP contribution < -0.4 is 0 Å². The number of nitrogens with zero attached hydrogens (tertiary/aromatic N) is 3. The van der Waals surface area contributed by atoms with E-state index in [4.69, 9.17) is 4.74 Å². The number of aliphatic hydroxyl groups is 1. The second kappa shape index (κ2) is 12.3. The lowest BCUT2D eigenvalue weighted by atomic mass is 9.64.